The van der Waals surface area contributed by atoms with Gasteiger partial charge in [-0.05, 0) is 39.0 Å². The van der Waals surface area contributed by atoms with Gasteiger partial charge in [0.1, 0.15) is 0 Å². The normalized spacial score (nSPS) is 26.5. The second-order valence-electron chi connectivity index (χ2n) is 9.32. The number of nitrogens with one attached hydrogen (secondary N) is 1. The van der Waals surface area contributed by atoms with Gasteiger partial charge in [-0.1, -0.05) is 51.4 Å². The van der Waals surface area contributed by atoms with E-state index in [1.807, 2.05) is 5.32 Å². The van der Waals surface area contributed by atoms with Gasteiger partial charge in [0.25, 0.3) is 5.91 Å². The largest absolute Gasteiger partial charge is 0.425 e. The summed E-state index contributed by atoms with van der Waals surface area (Å²) in [5, 5.41) is 2.02. The maximum absolute atomic E-state index is 14.5. The number of rotatable bonds is 6. The molecule has 5 nitrogen and oxygen atoms in total. The Labute approximate surface area is 181 Å². The van der Waals surface area contributed by atoms with E-state index in [0.29, 0.717) is 25.2 Å². The summed E-state index contributed by atoms with van der Waals surface area (Å²) in [7, 11) is 0. The molecule has 1 atom stereocenters. The van der Waals surface area contributed by atoms with E-state index in [1.54, 1.807) is 0 Å². The highest BCUT2D eigenvalue weighted by Crippen LogP contribution is 2.47. The Balaban J connectivity index is 1.89. The molecular formula is C23H33F3N2O3. The fourth-order valence-electron chi connectivity index (χ4n) is 5.66. The first-order valence-corrected chi connectivity index (χ1v) is 11.5. The number of ketones is 1. The first kappa shape index (κ1) is 23.8. The third-order valence-corrected chi connectivity index (χ3v) is 7.19. The van der Waals surface area contributed by atoms with Gasteiger partial charge in [-0.3, -0.25) is 14.4 Å². The van der Waals surface area contributed by atoms with Gasteiger partial charge in [-0.2, -0.15) is 13.2 Å². The standard InChI is InChI=1S/C23H33F3N2O3/c1-15-20(16(2)29)22(23(24,25)26,21(31)28(15)18-11-7-4-8-12-18)27-19(30)14-13-17-9-5-3-6-10-17/h17-18H,3-14H2,1-2H3,(H,27,30). The molecule has 0 aromatic heterocycles. The zero-order valence-electron chi connectivity index (χ0n) is 18.4. The lowest BCUT2D eigenvalue weighted by Crippen LogP contribution is -2.66. The molecule has 31 heavy (non-hydrogen) atoms. The highest BCUT2D eigenvalue weighted by Gasteiger charge is 2.70. The molecule has 1 unspecified atom stereocenters. The van der Waals surface area contributed by atoms with Crippen LogP contribution in [0.3, 0.4) is 0 Å². The smallest absolute Gasteiger partial charge is 0.330 e. The number of hydrogen-bond acceptors (Lipinski definition) is 3. The van der Waals surface area contributed by atoms with E-state index in [2.05, 4.69) is 0 Å². The summed E-state index contributed by atoms with van der Waals surface area (Å²) in [6.45, 7) is 2.43. The molecule has 2 amide bonds. The molecule has 0 aromatic carbocycles. The van der Waals surface area contributed by atoms with Gasteiger partial charge in [-0.15, -0.1) is 0 Å². The Hall–Kier alpha value is -1.86. The lowest BCUT2D eigenvalue weighted by Gasteiger charge is -2.36. The summed E-state index contributed by atoms with van der Waals surface area (Å²) in [5.41, 5.74) is -3.90. The van der Waals surface area contributed by atoms with E-state index in [4.69, 9.17) is 0 Å². The van der Waals surface area contributed by atoms with E-state index in [-0.39, 0.29) is 18.2 Å². The minimum Gasteiger partial charge on any atom is -0.330 e. The number of allylic oxidation sites excluding steroid dienone is 1. The number of Topliss-reactive ketones (excluding diaryl/α,β-unsaturated/α-hetero) is 1. The molecule has 1 N–H and O–H groups in total. The molecule has 2 fully saturated rings. The highest BCUT2D eigenvalue weighted by molar-refractivity contribution is 6.12. The Bertz CT molecular complexity index is 750. The quantitative estimate of drug-likeness (QED) is 0.642. The summed E-state index contributed by atoms with van der Waals surface area (Å²) in [5.74, 6) is -2.58. The molecule has 1 heterocycles. The van der Waals surface area contributed by atoms with Crippen molar-refractivity contribution in [2.75, 3.05) is 0 Å². The van der Waals surface area contributed by atoms with Crippen LogP contribution in [0.25, 0.3) is 0 Å². The van der Waals surface area contributed by atoms with Crippen molar-refractivity contribution in [1.82, 2.24) is 10.2 Å². The minimum atomic E-state index is -5.11. The molecule has 2 saturated carbocycles. The fraction of sp³-hybridized carbons (Fsp3) is 0.783. The summed E-state index contributed by atoms with van der Waals surface area (Å²) in [6, 6.07) is -0.376. The van der Waals surface area contributed by atoms with Crippen LogP contribution in [0.15, 0.2) is 11.3 Å². The molecule has 1 aliphatic heterocycles. The molecule has 2 aliphatic carbocycles. The molecular weight excluding hydrogens is 409 g/mol. The van der Waals surface area contributed by atoms with Crippen molar-refractivity contribution in [2.24, 2.45) is 5.92 Å². The molecule has 174 valence electrons. The van der Waals surface area contributed by atoms with Crippen LogP contribution in [0, 0.1) is 5.92 Å². The first-order valence-electron chi connectivity index (χ1n) is 11.5. The molecule has 0 aromatic rings. The number of hydrogen-bond donors (Lipinski definition) is 1. The van der Waals surface area contributed by atoms with E-state index >= 15 is 0 Å². The maximum atomic E-state index is 14.5. The Morgan fingerprint density at radius 3 is 2.10 bits per heavy atom. The molecule has 3 rings (SSSR count). The summed E-state index contributed by atoms with van der Waals surface area (Å²) in [6.07, 6.45) is 4.36. The number of halogens is 3. The second kappa shape index (κ2) is 9.33. The van der Waals surface area contributed by atoms with Crippen LogP contribution in [-0.4, -0.2) is 40.3 Å². The topological polar surface area (TPSA) is 66.5 Å². The van der Waals surface area contributed by atoms with Crippen molar-refractivity contribution in [3.8, 4) is 0 Å². The number of nitrogens with zero attached hydrogens (tertiary/aromatic N) is 1. The van der Waals surface area contributed by atoms with Crippen LogP contribution in [0.2, 0.25) is 0 Å². The van der Waals surface area contributed by atoms with Crippen molar-refractivity contribution >= 4 is 17.6 Å². The number of carbonyl (C=O) groups is 3. The van der Waals surface area contributed by atoms with Crippen LogP contribution in [-0.2, 0) is 14.4 Å². The molecule has 3 aliphatic rings. The molecule has 0 radical (unpaired) electrons. The molecule has 0 spiro atoms. The van der Waals surface area contributed by atoms with Crippen LogP contribution in [0.5, 0.6) is 0 Å². The second-order valence-corrected chi connectivity index (χ2v) is 9.32. The van der Waals surface area contributed by atoms with Gasteiger partial charge in [0.15, 0.2) is 5.78 Å². The molecule has 0 bridgehead atoms. The predicted molar refractivity (Wildman–Crippen MR) is 110 cm³/mol. The summed E-state index contributed by atoms with van der Waals surface area (Å²) < 4.78 is 43.5. The van der Waals surface area contributed by atoms with E-state index in [1.165, 1.54) is 6.92 Å². The van der Waals surface area contributed by atoms with Crippen LogP contribution in [0.1, 0.15) is 90.9 Å². The van der Waals surface area contributed by atoms with Crippen molar-refractivity contribution < 1.29 is 27.6 Å². The van der Waals surface area contributed by atoms with Crippen molar-refractivity contribution in [3.63, 3.8) is 0 Å². The highest BCUT2D eigenvalue weighted by atomic mass is 19.4. The number of alkyl halides is 3. The lowest BCUT2D eigenvalue weighted by atomic mass is 9.85. The summed E-state index contributed by atoms with van der Waals surface area (Å²) in [4.78, 5) is 39.6. The predicted octanol–water partition coefficient (Wildman–Crippen LogP) is 4.80. The monoisotopic (exact) mass is 442 g/mol. The average Bonchev–Trinajstić information content (AvgIpc) is 2.95. The lowest BCUT2D eigenvalue weighted by molar-refractivity contribution is -0.195. The SMILES string of the molecule is CC(=O)C1=C(C)N(C2CCCCC2)C(=O)C1(NC(=O)CCC1CCCCC1)C(F)(F)F. The van der Waals surface area contributed by atoms with Gasteiger partial charge in [0, 0.05) is 18.2 Å². The maximum Gasteiger partial charge on any atom is 0.425 e. The zero-order chi connectivity index (χ0) is 22.8. The van der Waals surface area contributed by atoms with Crippen LogP contribution in [0.4, 0.5) is 13.2 Å². The fourth-order valence-corrected chi connectivity index (χ4v) is 5.66. The third-order valence-electron chi connectivity index (χ3n) is 7.19. The molecule has 8 heteroatoms. The van der Waals surface area contributed by atoms with Gasteiger partial charge in [0.2, 0.25) is 11.4 Å². The Morgan fingerprint density at radius 1 is 1.03 bits per heavy atom. The van der Waals surface area contributed by atoms with Gasteiger partial charge in [0.05, 0.1) is 5.57 Å². The van der Waals surface area contributed by atoms with Crippen molar-refractivity contribution in [3.05, 3.63) is 11.3 Å². The van der Waals surface area contributed by atoms with Crippen molar-refractivity contribution in [1.29, 1.82) is 0 Å². The van der Waals surface area contributed by atoms with Crippen molar-refractivity contribution in [2.45, 2.75) is 109 Å². The minimum absolute atomic E-state index is 0.0225. The third kappa shape index (κ3) is 4.53. The van der Waals surface area contributed by atoms with Gasteiger partial charge in [-0.25, -0.2) is 0 Å². The molecule has 0 saturated heterocycles. The summed E-state index contributed by atoms with van der Waals surface area (Å²) >= 11 is 0. The van der Waals surface area contributed by atoms with Gasteiger partial charge >= 0.3 is 6.18 Å². The van der Waals surface area contributed by atoms with Crippen LogP contribution >= 0.6 is 0 Å². The Kier molecular flexibility index (Phi) is 7.16. The van der Waals surface area contributed by atoms with Crippen LogP contribution < -0.4 is 5.32 Å². The van der Waals surface area contributed by atoms with E-state index < -0.39 is 34.9 Å². The number of carbonyl (C=O) groups excluding carboxylic acids is 3. The van der Waals surface area contributed by atoms with Gasteiger partial charge < -0.3 is 10.2 Å². The van der Waals surface area contributed by atoms with E-state index in [0.717, 1.165) is 63.2 Å². The average molecular weight is 443 g/mol. The zero-order valence-corrected chi connectivity index (χ0v) is 18.4. The number of amides is 2. The first-order chi connectivity index (χ1) is 14.6. The Morgan fingerprint density at radius 2 is 1.58 bits per heavy atom. The van der Waals surface area contributed by atoms with E-state index in [9.17, 15) is 27.6 Å².